The highest BCUT2D eigenvalue weighted by molar-refractivity contribution is 7.89. The van der Waals surface area contributed by atoms with Crippen LogP contribution in [0.25, 0.3) is 12.2 Å². The lowest BCUT2D eigenvalue weighted by Crippen LogP contribution is -2.23. The summed E-state index contributed by atoms with van der Waals surface area (Å²) in [6.07, 6.45) is 5.49. The van der Waals surface area contributed by atoms with Crippen molar-refractivity contribution < 1.29 is 17.9 Å². The molecule has 2 aromatic carbocycles. The summed E-state index contributed by atoms with van der Waals surface area (Å²) in [5.41, 5.74) is 2.50. The molecule has 0 aliphatic heterocycles. The Kier molecular flexibility index (Phi) is 6.84. The molecule has 0 aliphatic carbocycles. The molecule has 0 aliphatic rings. The van der Waals surface area contributed by atoms with Gasteiger partial charge in [-0.25, -0.2) is 12.7 Å². The molecule has 3 rings (SSSR count). The highest BCUT2D eigenvalue weighted by Crippen LogP contribution is 2.27. The minimum Gasteiger partial charge on any atom is -0.495 e. The number of anilines is 1. The zero-order valence-electron chi connectivity index (χ0n) is 17.4. The molecule has 0 atom stereocenters. The predicted octanol–water partition coefficient (Wildman–Crippen LogP) is 3.76. The lowest BCUT2D eigenvalue weighted by molar-refractivity contribution is 0.102. The Morgan fingerprint density at radius 2 is 1.84 bits per heavy atom. The Bertz CT molecular complexity index is 1210. The largest absolute Gasteiger partial charge is 0.495 e. The molecule has 0 saturated heterocycles. The van der Waals surface area contributed by atoms with Gasteiger partial charge in [0.1, 0.15) is 10.6 Å². The first-order valence-corrected chi connectivity index (χ1v) is 10.9. The maximum Gasteiger partial charge on any atom is 0.255 e. The fourth-order valence-electron chi connectivity index (χ4n) is 2.80. The van der Waals surface area contributed by atoms with Gasteiger partial charge in [-0.3, -0.25) is 9.78 Å². The first kappa shape index (κ1) is 22.2. The van der Waals surface area contributed by atoms with Gasteiger partial charge in [0.25, 0.3) is 5.91 Å². The molecule has 0 fully saturated rings. The fourth-order valence-corrected chi connectivity index (χ4v) is 3.87. The Morgan fingerprint density at radius 1 is 1.03 bits per heavy atom. The Morgan fingerprint density at radius 3 is 2.52 bits per heavy atom. The van der Waals surface area contributed by atoms with Crippen LogP contribution >= 0.6 is 0 Å². The number of aromatic nitrogens is 1. The summed E-state index contributed by atoms with van der Waals surface area (Å²) in [6, 6.07) is 17.3. The normalized spacial score (nSPS) is 11.6. The first-order valence-electron chi connectivity index (χ1n) is 9.42. The van der Waals surface area contributed by atoms with Gasteiger partial charge in [-0.05, 0) is 54.1 Å². The predicted molar refractivity (Wildman–Crippen MR) is 121 cm³/mol. The molecule has 31 heavy (non-hydrogen) atoms. The maximum atomic E-state index is 12.8. The number of hydrogen-bond acceptors (Lipinski definition) is 5. The van der Waals surface area contributed by atoms with Gasteiger partial charge in [-0.1, -0.05) is 24.3 Å². The molecule has 1 N–H and O–H groups in total. The van der Waals surface area contributed by atoms with Gasteiger partial charge < -0.3 is 10.1 Å². The number of sulfonamides is 1. The van der Waals surface area contributed by atoms with Crippen LogP contribution in [-0.4, -0.2) is 44.8 Å². The second-order valence-electron chi connectivity index (χ2n) is 6.82. The lowest BCUT2D eigenvalue weighted by atomic mass is 10.1. The molecule has 0 unspecified atom stereocenters. The molecule has 8 heteroatoms. The minimum atomic E-state index is -3.78. The summed E-state index contributed by atoms with van der Waals surface area (Å²) in [7, 11) is 0.451. The van der Waals surface area contributed by atoms with Crippen LogP contribution in [0, 0.1) is 0 Å². The standard InChI is InChI=1S/C23H23N3O4S/c1-26(2)31(28,29)22-16-18(11-13-21(22)30-3)23(27)25-20-9-6-7-17(15-20)10-12-19-8-4-5-14-24-19/h4-16H,1-3H3,(H,25,27). The zero-order valence-corrected chi connectivity index (χ0v) is 18.3. The van der Waals surface area contributed by atoms with Crippen LogP contribution in [0.4, 0.5) is 5.69 Å². The van der Waals surface area contributed by atoms with E-state index in [9.17, 15) is 13.2 Å². The number of benzene rings is 2. The van der Waals surface area contributed by atoms with Gasteiger partial charge in [-0.15, -0.1) is 0 Å². The van der Waals surface area contributed by atoms with E-state index >= 15 is 0 Å². The van der Waals surface area contributed by atoms with Crippen LogP contribution in [0.15, 0.2) is 71.8 Å². The van der Waals surface area contributed by atoms with E-state index in [0.717, 1.165) is 15.6 Å². The first-order chi connectivity index (χ1) is 14.8. The molecule has 3 aromatic rings. The van der Waals surface area contributed by atoms with Crippen molar-refractivity contribution in [1.29, 1.82) is 0 Å². The van der Waals surface area contributed by atoms with Crippen molar-refractivity contribution in [3.63, 3.8) is 0 Å². The number of hydrogen-bond donors (Lipinski definition) is 1. The Labute approximate surface area is 182 Å². The number of methoxy groups -OCH3 is 1. The highest BCUT2D eigenvalue weighted by Gasteiger charge is 2.24. The molecule has 160 valence electrons. The summed E-state index contributed by atoms with van der Waals surface area (Å²) in [4.78, 5) is 16.9. The Hall–Kier alpha value is -3.49. The van der Waals surface area contributed by atoms with Crippen LogP contribution in [0.3, 0.4) is 0 Å². The van der Waals surface area contributed by atoms with Crippen LogP contribution < -0.4 is 10.1 Å². The van der Waals surface area contributed by atoms with E-state index in [-0.39, 0.29) is 16.2 Å². The van der Waals surface area contributed by atoms with Gasteiger partial charge in [0.05, 0.1) is 12.8 Å². The second kappa shape index (κ2) is 9.55. The van der Waals surface area contributed by atoms with Crippen molar-refractivity contribution in [3.05, 3.63) is 83.7 Å². The van der Waals surface area contributed by atoms with Crippen molar-refractivity contribution in [1.82, 2.24) is 9.29 Å². The van der Waals surface area contributed by atoms with E-state index in [0.29, 0.717) is 5.69 Å². The minimum absolute atomic E-state index is 0.0697. The van der Waals surface area contributed by atoms with Gasteiger partial charge >= 0.3 is 0 Å². The molecule has 7 nitrogen and oxygen atoms in total. The lowest BCUT2D eigenvalue weighted by Gasteiger charge is -2.15. The summed E-state index contributed by atoms with van der Waals surface area (Å²) >= 11 is 0. The van der Waals surface area contributed by atoms with Crippen molar-refractivity contribution in [3.8, 4) is 5.75 Å². The molecule has 1 amide bonds. The van der Waals surface area contributed by atoms with Crippen LogP contribution in [0.1, 0.15) is 21.6 Å². The van der Waals surface area contributed by atoms with Crippen LogP contribution in [-0.2, 0) is 10.0 Å². The van der Waals surface area contributed by atoms with Gasteiger partial charge in [0, 0.05) is 31.5 Å². The summed E-state index contributed by atoms with van der Waals surface area (Å²) in [6.45, 7) is 0. The van der Waals surface area contributed by atoms with E-state index in [4.69, 9.17) is 4.74 Å². The smallest absolute Gasteiger partial charge is 0.255 e. The molecule has 0 radical (unpaired) electrons. The number of carbonyl (C=O) groups is 1. The third kappa shape index (κ3) is 5.36. The molecule has 1 aromatic heterocycles. The third-order valence-corrected chi connectivity index (χ3v) is 6.30. The molecule has 0 spiro atoms. The SMILES string of the molecule is COc1ccc(C(=O)Nc2cccc(C=Cc3ccccn3)c2)cc1S(=O)(=O)N(C)C. The van der Waals surface area contributed by atoms with Gasteiger partial charge in [-0.2, -0.15) is 0 Å². The highest BCUT2D eigenvalue weighted by atomic mass is 32.2. The quantitative estimate of drug-likeness (QED) is 0.608. The van der Waals surface area contributed by atoms with Gasteiger partial charge in [0.15, 0.2) is 0 Å². The van der Waals surface area contributed by atoms with E-state index in [2.05, 4.69) is 10.3 Å². The average molecular weight is 438 g/mol. The van der Waals surface area contributed by atoms with Crippen molar-refractivity contribution in [2.45, 2.75) is 4.90 Å². The van der Waals surface area contributed by atoms with E-state index < -0.39 is 15.9 Å². The summed E-state index contributed by atoms with van der Waals surface area (Å²) in [5.74, 6) is -0.254. The maximum absolute atomic E-state index is 12.8. The second-order valence-corrected chi connectivity index (χ2v) is 8.94. The van der Waals surface area contributed by atoms with Gasteiger partial charge in [0.2, 0.25) is 10.0 Å². The number of nitrogens with one attached hydrogen (secondary N) is 1. The average Bonchev–Trinajstić information content (AvgIpc) is 2.78. The number of pyridine rings is 1. The number of amides is 1. The Balaban J connectivity index is 1.83. The molecular weight excluding hydrogens is 414 g/mol. The molecule has 0 saturated carbocycles. The monoisotopic (exact) mass is 437 g/mol. The zero-order chi connectivity index (χ0) is 22.4. The number of nitrogens with zero attached hydrogens (tertiary/aromatic N) is 2. The summed E-state index contributed by atoms with van der Waals surface area (Å²) in [5, 5.41) is 2.80. The van der Waals surface area contributed by atoms with Crippen LogP contribution in [0.5, 0.6) is 5.75 Å². The number of carbonyl (C=O) groups excluding carboxylic acids is 1. The third-order valence-electron chi connectivity index (χ3n) is 4.46. The molecular formula is C23H23N3O4S. The van der Waals surface area contributed by atoms with E-state index in [1.165, 1.54) is 39.4 Å². The topological polar surface area (TPSA) is 88.6 Å². The van der Waals surface area contributed by atoms with Crippen molar-refractivity contribution in [2.24, 2.45) is 0 Å². The number of ether oxygens (including phenoxy) is 1. The van der Waals surface area contributed by atoms with Crippen molar-refractivity contribution in [2.75, 3.05) is 26.5 Å². The molecule has 1 heterocycles. The van der Waals surface area contributed by atoms with E-state index in [1.807, 2.05) is 48.6 Å². The van der Waals surface area contributed by atoms with Crippen molar-refractivity contribution >= 4 is 33.8 Å². The fraction of sp³-hybridized carbons (Fsp3) is 0.130. The van der Waals surface area contributed by atoms with E-state index in [1.54, 1.807) is 12.3 Å². The van der Waals surface area contributed by atoms with Crippen LogP contribution in [0.2, 0.25) is 0 Å². The summed E-state index contributed by atoms with van der Waals surface area (Å²) < 4.78 is 31.4. The molecule has 0 bridgehead atoms. The number of rotatable bonds is 7.